The van der Waals surface area contributed by atoms with Gasteiger partial charge in [-0.25, -0.2) is 4.98 Å². The van der Waals surface area contributed by atoms with Crippen LogP contribution in [0.2, 0.25) is 0 Å². The number of piperazine rings is 1. The van der Waals surface area contributed by atoms with Crippen LogP contribution in [0.25, 0.3) is 0 Å². The van der Waals surface area contributed by atoms with Crippen molar-refractivity contribution in [1.82, 2.24) is 19.9 Å². The Labute approximate surface area is 128 Å². The number of hydrogen-bond acceptors (Lipinski definition) is 6. The lowest BCUT2D eigenvalue weighted by molar-refractivity contribution is 0.0658. The van der Waals surface area contributed by atoms with E-state index in [0.29, 0.717) is 11.5 Å². The van der Waals surface area contributed by atoms with Gasteiger partial charge in [-0.1, -0.05) is 11.2 Å². The molecule has 1 aliphatic rings. The van der Waals surface area contributed by atoms with Crippen LogP contribution in [0, 0.1) is 6.92 Å². The first kappa shape index (κ1) is 14.5. The molecule has 2 aromatic rings. The zero-order valence-corrected chi connectivity index (χ0v) is 12.7. The van der Waals surface area contributed by atoms with E-state index >= 15 is 0 Å². The van der Waals surface area contributed by atoms with Crippen molar-refractivity contribution in [3.63, 3.8) is 0 Å². The van der Waals surface area contributed by atoms with Gasteiger partial charge in [0.2, 0.25) is 0 Å². The van der Waals surface area contributed by atoms with E-state index in [4.69, 9.17) is 4.52 Å². The number of nitrogens with zero attached hydrogens (tertiary/aromatic N) is 4. The summed E-state index contributed by atoms with van der Waals surface area (Å²) in [7, 11) is 2.06. The predicted octanol–water partition coefficient (Wildman–Crippen LogP) is 1.51. The summed E-state index contributed by atoms with van der Waals surface area (Å²) in [4.78, 5) is 21.0. The molecule has 22 heavy (non-hydrogen) atoms. The molecule has 1 saturated heterocycles. The highest BCUT2D eigenvalue weighted by Crippen LogP contribution is 2.18. The maximum Gasteiger partial charge on any atom is 0.272 e. The monoisotopic (exact) mass is 301 g/mol. The fraction of sp³-hybridized carbons (Fsp3) is 0.400. The summed E-state index contributed by atoms with van der Waals surface area (Å²) in [6, 6.07) is 5.38. The number of nitrogens with one attached hydrogen (secondary N) is 1. The van der Waals surface area contributed by atoms with Crippen LogP contribution in [0.15, 0.2) is 29.0 Å². The Morgan fingerprint density at radius 2 is 2.05 bits per heavy atom. The van der Waals surface area contributed by atoms with Gasteiger partial charge in [0.25, 0.3) is 5.91 Å². The number of anilines is 2. The van der Waals surface area contributed by atoms with Crippen LogP contribution >= 0.6 is 0 Å². The van der Waals surface area contributed by atoms with Crippen molar-refractivity contribution in [2.45, 2.75) is 6.92 Å². The number of hydrogen-bond donors (Lipinski definition) is 1. The summed E-state index contributed by atoms with van der Waals surface area (Å²) >= 11 is 0. The molecule has 0 bridgehead atoms. The molecule has 0 aromatic carbocycles. The first-order chi connectivity index (χ1) is 10.6. The van der Waals surface area contributed by atoms with Gasteiger partial charge in [-0.3, -0.25) is 4.79 Å². The fourth-order valence-corrected chi connectivity index (χ4v) is 2.35. The average Bonchev–Trinajstić information content (AvgIpc) is 2.93. The first-order valence-corrected chi connectivity index (χ1v) is 7.26. The second-order valence-corrected chi connectivity index (χ2v) is 5.44. The molecule has 2 aromatic heterocycles. The Hall–Kier alpha value is -2.41. The van der Waals surface area contributed by atoms with E-state index < -0.39 is 0 Å². The fourth-order valence-electron chi connectivity index (χ4n) is 2.35. The Kier molecular flexibility index (Phi) is 4.06. The predicted molar refractivity (Wildman–Crippen MR) is 82.2 cm³/mol. The molecule has 1 amide bonds. The van der Waals surface area contributed by atoms with Crippen molar-refractivity contribution in [3.8, 4) is 0 Å². The molecule has 0 saturated carbocycles. The zero-order chi connectivity index (χ0) is 15.5. The first-order valence-electron chi connectivity index (χ1n) is 7.26. The van der Waals surface area contributed by atoms with E-state index in [1.54, 1.807) is 6.07 Å². The van der Waals surface area contributed by atoms with Gasteiger partial charge >= 0.3 is 0 Å². The Balaban J connectivity index is 1.73. The SMILES string of the molecule is Cc1nocc1Nc1cccc(C(=O)N2CCN(C)CC2)n1. The van der Waals surface area contributed by atoms with Gasteiger partial charge in [0.15, 0.2) is 0 Å². The standard InChI is InChI=1S/C15H19N5O2/c1-11-13(10-22-18-11)17-14-5-3-4-12(16-14)15(21)20-8-6-19(2)7-9-20/h3-5,10H,6-9H2,1-2H3,(H,16,17). The van der Waals surface area contributed by atoms with Crippen LogP contribution in [-0.2, 0) is 0 Å². The zero-order valence-electron chi connectivity index (χ0n) is 12.7. The van der Waals surface area contributed by atoms with Crippen molar-refractivity contribution in [2.75, 3.05) is 38.5 Å². The summed E-state index contributed by atoms with van der Waals surface area (Å²) in [5.41, 5.74) is 1.94. The second-order valence-electron chi connectivity index (χ2n) is 5.44. The summed E-state index contributed by atoms with van der Waals surface area (Å²) in [5.74, 6) is 0.574. The summed E-state index contributed by atoms with van der Waals surface area (Å²) in [5, 5.41) is 6.92. The maximum absolute atomic E-state index is 12.5. The number of aryl methyl sites for hydroxylation is 1. The molecule has 0 unspecified atom stereocenters. The number of pyridine rings is 1. The third-order valence-corrected chi connectivity index (χ3v) is 3.77. The molecule has 116 valence electrons. The Morgan fingerprint density at radius 3 is 2.73 bits per heavy atom. The molecule has 7 nitrogen and oxygen atoms in total. The molecule has 0 spiro atoms. The molecule has 1 aliphatic heterocycles. The average molecular weight is 301 g/mol. The smallest absolute Gasteiger partial charge is 0.272 e. The number of likely N-dealkylation sites (N-methyl/N-ethyl adjacent to an activating group) is 1. The molecule has 0 atom stereocenters. The molecular weight excluding hydrogens is 282 g/mol. The van der Waals surface area contributed by atoms with Crippen molar-refractivity contribution in [1.29, 1.82) is 0 Å². The van der Waals surface area contributed by atoms with Gasteiger partial charge in [0, 0.05) is 26.2 Å². The lowest BCUT2D eigenvalue weighted by atomic mass is 10.2. The van der Waals surface area contributed by atoms with Gasteiger partial charge in [-0.15, -0.1) is 0 Å². The second kappa shape index (κ2) is 6.15. The summed E-state index contributed by atoms with van der Waals surface area (Å²) in [6.45, 7) is 5.09. The Morgan fingerprint density at radius 1 is 1.27 bits per heavy atom. The van der Waals surface area contributed by atoms with Gasteiger partial charge < -0.3 is 19.6 Å². The number of aromatic nitrogens is 2. The van der Waals surface area contributed by atoms with Crippen LogP contribution in [0.4, 0.5) is 11.5 Å². The van der Waals surface area contributed by atoms with Crippen molar-refractivity contribution in [2.24, 2.45) is 0 Å². The molecule has 1 N–H and O–H groups in total. The summed E-state index contributed by atoms with van der Waals surface area (Å²) in [6.07, 6.45) is 1.52. The van der Waals surface area contributed by atoms with Crippen molar-refractivity contribution >= 4 is 17.4 Å². The summed E-state index contributed by atoms with van der Waals surface area (Å²) < 4.78 is 4.88. The van der Waals surface area contributed by atoms with Crippen molar-refractivity contribution < 1.29 is 9.32 Å². The highest BCUT2D eigenvalue weighted by Gasteiger charge is 2.21. The number of carbonyl (C=O) groups excluding carboxylic acids is 1. The normalized spacial score (nSPS) is 15.8. The van der Waals surface area contributed by atoms with Crippen LogP contribution in [0.1, 0.15) is 16.2 Å². The van der Waals surface area contributed by atoms with E-state index in [0.717, 1.165) is 37.6 Å². The van der Waals surface area contributed by atoms with Crippen LogP contribution in [-0.4, -0.2) is 59.1 Å². The molecule has 3 rings (SSSR count). The van der Waals surface area contributed by atoms with Gasteiger partial charge in [-0.05, 0) is 26.1 Å². The van der Waals surface area contributed by atoms with E-state index in [-0.39, 0.29) is 5.91 Å². The van der Waals surface area contributed by atoms with Crippen molar-refractivity contribution in [3.05, 3.63) is 35.9 Å². The number of amides is 1. The van der Waals surface area contributed by atoms with E-state index in [1.807, 2.05) is 24.0 Å². The lowest BCUT2D eigenvalue weighted by Crippen LogP contribution is -2.47. The highest BCUT2D eigenvalue weighted by atomic mass is 16.5. The largest absolute Gasteiger partial charge is 0.362 e. The van der Waals surface area contributed by atoms with Gasteiger partial charge in [0.05, 0.1) is 0 Å². The van der Waals surface area contributed by atoms with E-state index in [2.05, 4.69) is 27.4 Å². The minimum atomic E-state index is -0.0289. The molecule has 1 fully saturated rings. The van der Waals surface area contributed by atoms with Crippen LogP contribution in [0.5, 0.6) is 0 Å². The van der Waals surface area contributed by atoms with E-state index in [1.165, 1.54) is 6.26 Å². The van der Waals surface area contributed by atoms with Crippen LogP contribution in [0.3, 0.4) is 0 Å². The van der Waals surface area contributed by atoms with E-state index in [9.17, 15) is 4.79 Å². The molecule has 0 radical (unpaired) electrons. The van der Waals surface area contributed by atoms with Gasteiger partial charge in [0.1, 0.15) is 29.2 Å². The lowest BCUT2D eigenvalue weighted by Gasteiger charge is -2.32. The van der Waals surface area contributed by atoms with Crippen LogP contribution < -0.4 is 5.32 Å². The quantitative estimate of drug-likeness (QED) is 0.926. The number of carbonyl (C=O) groups is 1. The maximum atomic E-state index is 12.5. The minimum Gasteiger partial charge on any atom is -0.362 e. The third-order valence-electron chi connectivity index (χ3n) is 3.77. The Bertz CT molecular complexity index is 661. The molecular formula is C15H19N5O2. The third kappa shape index (κ3) is 3.09. The minimum absolute atomic E-state index is 0.0289. The van der Waals surface area contributed by atoms with Gasteiger partial charge in [-0.2, -0.15) is 0 Å². The molecule has 0 aliphatic carbocycles. The molecule has 3 heterocycles. The number of rotatable bonds is 3. The topological polar surface area (TPSA) is 74.5 Å². The highest BCUT2D eigenvalue weighted by molar-refractivity contribution is 5.92. The molecule has 7 heteroatoms.